The minimum absolute atomic E-state index is 0.124. The predicted molar refractivity (Wildman–Crippen MR) is 68.1 cm³/mol. The summed E-state index contributed by atoms with van der Waals surface area (Å²) in [5.74, 6) is -0.680. The highest BCUT2D eigenvalue weighted by atomic mass is 19.4. The summed E-state index contributed by atoms with van der Waals surface area (Å²) in [5.41, 5.74) is -7.31. The lowest BCUT2D eigenvalue weighted by atomic mass is 9.87. The van der Waals surface area contributed by atoms with Crippen molar-refractivity contribution in [3.8, 4) is 0 Å². The number of alkyl halides is 9. The minimum Gasteiger partial charge on any atom is -0.313 e. The molecule has 0 saturated carbocycles. The molecule has 1 rings (SSSR count). The van der Waals surface area contributed by atoms with Gasteiger partial charge in [-0.15, -0.1) is 0 Å². The second kappa shape index (κ2) is 6.45. The van der Waals surface area contributed by atoms with Crippen molar-refractivity contribution in [2.24, 2.45) is 5.92 Å². The second-order valence-electron chi connectivity index (χ2n) is 5.49. The van der Waals surface area contributed by atoms with Gasteiger partial charge in [0.2, 0.25) is 0 Å². The zero-order valence-electron chi connectivity index (χ0n) is 12.7. The molecule has 0 spiro atoms. The number of rotatable bonds is 3. The minimum atomic E-state index is -5.59. The van der Waals surface area contributed by atoms with Crippen molar-refractivity contribution in [2.75, 3.05) is 7.05 Å². The molecule has 1 N–H and O–H groups in total. The zero-order chi connectivity index (χ0) is 19.1. The highest BCUT2D eigenvalue weighted by molar-refractivity contribution is 5.45. The molecule has 0 saturated heterocycles. The van der Waals surface area contributed by atoms with Gasteiger partial charge in [-0.25, -0.2) is 0 Å². The predicted octanol–water partition coefficient (Wildman–Crippen LogP) is 5.66. The molecule has 0 amide bonds. The van der Waals surface area contributed by atoms with Gasteiger partial charge in [0.05, 0.1) is 16.7 Å². The fourth-order valence-corrected chi connectivity index (χ4v) is 2.46. The van der Waals surface area contributed by atoms with Crippen LogP contribution in [0.15, 0.2) is 12.1 Å². The zero-order valence-corrected chi connectivity index (χ0v) is 12.7. The van der Waals surface area contributed by atoms with Crippen LogP contribution in [0.5, 0.6) is 0 Å². The normalized spacial score (nSPS) is 15.0. The first-order chi connectivity index (χ1) is 10.6. The SMILES string of the molecule is CNC(c1cc(C(F)(F)F)cc(C(F)(F)F)c1C(F)(F)F)C(C)C. The lowest BCUT2D eigenvalue weighted by Gasteiger charge is -2.28. The van der Waals surface area contributed by atoms with Gasteiger partial charge in [-0.2, -0.15) is 39.5 Å². The smallest absolute Gasteiger partial charge is 0.313 e. The van der Waals surface area contributed by atoms with Gasteiger partial charge in [-0.1, -0.05) is 13.8 Å². The Hall–Kier alpha value is -1.45. The van der Waals surface area contributed by atoms with Gasteiger partial charge in [-0.05, 0) is 30.7 Å². The molecule has 10 heteroatoms. The molecule has 1 nitrogen and oxygen atoms in total. The fraction of sp³-hybridized carbons (Fsp3) is 0.571. The summed E-state index contributed by atoms with van der Waals surface area (Å²) < 4.78 is 117. The first-order valence-corrected chi connectivity index (χ1v) is 6.67. The van der Waals surface area contributed by atoms with Crippen LogP contribution in [0.4, 0.5) is 39.5 Å². The van der Waals surface area contributed by atoms with Crippen molar-refractivity contribution in [3.05, 3.63) is 34.4 Å². The molecule has 1 unspecified atom stereocenters. The third-order valence-electron chi connectivity index (χ3n) is 3.40. The van der Waals surface area contributed by atoms with Crippen molar-refractivity contribution in [1.82, 2.24) is 5.32 Å². The fourth-order valence-electron chi connectivity index (χ4n) is 2.46. The van der Waals surface area contributed by atoms with Gasteiger partial charge < -0.3 is 5.32 Å². The van der Waals surface area contributed by atoms with E-state index in [-0.39, 0.29) is 6.07 Å². The first-order valence-electron chi connectivity index (χ1n) is 6.67. The van der Waals surface area contributed by atoms with Gasteiger partial charge in [0.15, 0.2) is 0 Å². The Balaban J connectivity index is 3.95. The molecule has 0 aliphatic carbocycles. The summed E-state index contributed by atoms with van der Waals surface area (Å²) in [6.07, 6.45) is -16.3. The average molecular weight is 367 g/mol. The molecule has 138 valence electrons. The second-order valence-corrected chi connectivity index (χ2v) is 5.49. The Kier molecular flexibility index (Phi) is 5.54. The molecule has 0 fully saturated rings. The molecule has 24 heavy (non-hydrogen) atoms. The third-order valence-corrected chi connectivity index (χ3v) is 3.40. The maximum atomic E-state index is 13.2. The molecule has 0 aliphatic rings. The number of hydrogen-bond donors (Lipinski definition) is 1. The number of benzene rings is 1. The van der Waals surface area contributed by atoms with Crippen molar-refractivity contribution in [2.45, 2.75) is 38.4 Å². The molecule has 0 radical (unpaired) electrons. The highest BCUT2D eigenvalue weighted by Gasteiger charge is 2.48. The summed E-state index contributed by atoms with van der Waals surface area (Å²) >= 11 is 0. The summed E-state index contributed by atoms with van der Waals surface area (Å²) in [6.45, 7) is 2.77. The molecule has 0 bridgehead atoms. The van der Waals surface area contributed by atoms with Crippen LogP contribution in [0, 0.1) is 5.92 Å². The van der Waals surface area contributed by atoms with E-state index in [2.05, 4.69) is 5.32 Å². The molecule has 0 aliphatic heterocycles. The van der Waals surface area contributed by atoms with Crippen LogP contribution in [0.1, 0.15) is 42.1 Å². The van der Waals surface area contributed by atoms with Crippen LogP contribution in [0.3, 0.4) is 0 Å². The molecule has 0 aromatic heterocycles. The van der Waals surface area contributed by atoms with E-state index < -0.39 is 58.8 Å². The third kappa shape index (κ3) is 4.34. The van der Waals surface area contributed by atoms with E-state index >= 15 is 0 Å². The number of halogens is 9. The monoisotopic (exact) mass is 367 g/mol. The average Bonchev–Trinajstić information content (AvgIpc) is 2.34. The topological polar surface area (TPSA) is 12.0 Å². The van der Waals surface area contributed by atoms with Crippen LogP contribution < -0.4 is 5.32 Å². The summed E-state index contributed by atoms with van der Waals surface area (Å²) in [7, 11) is 1.17. The summed E-state index contributed by atoms with van der Waals surface area (Å²) in [4.78, 5) is 0. The standard InChI is InChI=1S/C14H14F9N/c1-6(2)11(24-3)8-4-7(12(15,16)17)5-9(13(18,19)20)10(8)14(21,22)23/h4-6,11,24H,1-3H3. The van der Waals surface area contributed by atoms with Gasteiger partial charge in [0.25, 0.3) is 0 Å². The van der Waals surface area contributed by atoms with Gasteiger partial charge in [-0.3, -0.25) is 0 Å². The summed E-state index contributed by atoms with van der Waals surface area (Å²) in [5, 5.41) is 2.35. The van der Waals surface area contributed by atoms with E-state index in [4.69, 9.17) is 0 Å². The van der Waals surface area contributed by atoms with Gasteiger partial charge in [0.1, 0.15) is 0 Å². The maximum Gasteiger partial charge on any atom is 0.417 e. The van der Waals surface area contributed by atoms with Crippen molar-refractivity contribution >= 4 is 0 Å². The van der Waals surface area contributed by atoms with E-state index in [1.165, 1.54) is 20.9 Å². The Morgan fingerprint density at radius 3 is 1.58 bits per heavy atom. The van der Waals surface area contributed by atoms with E-state index in [0.717, 1.165) is 0 Å². The molecular formula is C14H14F9N. The Labute approximate surface area is 131 Å². The van der Waals surface area contributed by atoms with Gasteiger partial charge in [0, 0.05) is 6.04 Å². The molecule has 1 aromatic rings. The Morgan fingerprint density at radius 2 is 1.29 bits per heavy atom. The molecule has 1 atom stereocenters. The quantitative estimate of drug-likeness (QED) is 0.680. The van der Waals surface area contributed by atoms with E-state index in [0.29, 0.717) is 0 Å². The van der Waals surface area contributed by atoms with Crippen LogP contribution in [-0.2, 0) is 18.5 Å². The largest absolute Gasteiger partial charge is 0.417 e. The van der Waals surface area contributed by atoms with Crippen molar-refractivity contribution in [1.29, 1.82) is 0 Å². The Bertz CT molecular complexity index is 582. The van der Waals surface area contributed by atoms with Gasteiger partial charge >= 0.3 is 18.5 Å². The van der Waals surface area contributed by atoms with E-state index in [1.807, 2.05) is 0 Å². The van der Waals surface area contributed by atoms with Crippen LogP contribution in [-0.4, -0.2) is 7.05 Å². The number of nitrogens with one attached hydrogen (secondary N) is 1. The van der Waals surface area contributed by atoms with E-state index in [1.54, 1.807) is 0 Å². The van der Waals surface area contributed by atoms with Crippen LogP contribution in [0.25, 0.3) is 0 Å². The summed E-state index contributed by atoms with van der Waals surface area (Å²) in [6, 6.07) is -1.72. The maximum absolute atomic E-state index is 13.2. The number of hydrogen-bond acceptors (Lipinski definition) is 1. The van der Waals surface area contributed by atoms with Crippen molar-refractivity contribution < 1.29 is 39.5 Å². The first kappa shape index (κ1) is 20.6. The molecular weight excluding hydrogens is 353 g/mol. The molecule has 1 aromatic carbocycles. The van der Waals surface area contributed by atoms with Crippen molar-refractivity contribution in [3.63, 3.8) is 0 Å². The Morgan fingerprint density at radius 1 is 0.792 bits per heavy atom. The van der Waals surface area contributed by atoms with Crippen LogP contribution in [0.2, 0.25) is 0 Å². The van der Waals surface area contributed by atoms with E-state index in [9.17, 15) is 39.5 Å². The molecule has 0 heterocycles. The lowest BCUT2D eigenvalue weighted by molar-refractivity contribution is -0.164. The highest BCUT2D eigenvalue weighted by Crippen LogP contribution is 2.47. The van der Waals surface area contributed by atoms with Crippen LogP contribution >= 0.6 is 0 Å². The lowest BCUT2D eigenvalue weighted by Crippen LogP contribution is -2.28.